The molecule has 0 amide bonds. The molecule has 0 aliphatic rings. The number of phosphoric ester groups is 1. The third-order valence-corrected chi connectivity index (χ3v) is 9.80. The van der Waals surface area contributed by atoms with Crippen LogP contribution >= 0.6 is 7.82 Å². The summed E-state index contributed by atoms with van der Waals surface area (Å²) in [6, 6.07) is 0. The Bertz CT molecular complexity index is 557. The second-order valence-corrected chi connectivity index (χ2v) is 14.6. The average Bonchev–Trinajstić information content (AvgIpc) is 2.99. The molecule has 0 aliphatic carbocycles. The van der Waals surface area contributed by atoms with Gasteiger partial charge in [0.2, 0.25) is 0 Å². The first kappa shape index (κ1) is 43.1. The molecule has 0 bridgehead atoms. The van der Waals surface area contributed by atoms with Gasteiger partial charge in [0.25, 0.3) is 0 Å². The van der Waals surface area contributed by atoms with Gasteiger partial charge in [-0.2, -0.15) is 0 Å². The summed E-state index contributed by atoms with van der Waals surface area (Å²) in [6.07, 6.45) is 37.3. The van der Waals surface area contributed by atoms with E-state index in [0.717, 1.165) is 32.1 Å². The molecule has 1 unspecified atom stereocenters. The Balaban J connectivity index is 3.95. The molecule has 0 aromatic heterocycles. The lowest BCUT2D eigenvalue weighted by molar-refractivity contribution is 0.145. The van der Waals surface area contributed by atoms with Gasteiger partial charge in [-0.3, -0.25) is 9.05 Å². The van der Waals surface area contributed by atoms with Gasteiger partial charge in [-0.1, -0.05) is 175 Å². The highest BCUT2D eigenvalue weighted by Crippen LogP contribution is 2.43. The van der Waals surface area contributed by atoms with Crippen molar-refractivity contribution in [2.75, 3.05) is 32.8 Å². The largest absolute Gasteiger partial charge is 0.472 e. The van der Waals surface area contributed by atoms with E-state index < -0.39 is 7.82 Å². The topological polar surface area (TPSA) is 59.0 Å². The maximum Gasteiger partial charge on any atom is 0.472 e. The Kier molecular flexibility index (Phi) is 35.0. The van der Waals surface area contributed by atoms with Crippen molar-refractivity contribution in [2.24, 2.45) is 0 Å². The first-order chi connectivity index (χ1) is 21.1. The summed E-state index contributed by atoms with van der Waals surface area (Å²) < 4.78 is 22.6. The second kappa shape index (κ2) is 34.9. The summed E-state index contributed by atoms with van der Waals surface area (Å²) >= 11 is 0. The Morgan fingerprint density at radius 1 is 0.395 bits per heavy atom. The molecule has 0 saturated carbocycles. The lowest BCUT2D eigenvalue weighted by Gasteiger charge is -2.22. The Morgan fingerprint density at radius 2 is 0.628 bits per heavy atom. The average molecular weight is 632 g/mol. The molecular weight excluding hydrogens is 553 g/mol. The molecule has 0 aromatic rings. The summed E-state index contributed by atoms with van der Waals surface area (Å²) in [6.45, 7) is 11.1. The standard InChI is InChI=1S/C37H78NO4P/c1-4-7-10-13-16-19-22-26-31-36-41-43(39,40)42-37-32-27-25-30-35-38(33-28-23-20-17-14-11-8-5-2)34-29-24-21-18-15-12-9-6-3/h4-37H2,1-3H3,(H,39,40). The van der Waals surface area contributed by atoms with Gasteiger partial charge in [0.15, 0.2) is 0 Å². The Labute approximate surface area is 270 Å². The van der Waals surface area contributed by atoms with Gasteiger partial charge in [0, 0.05) is 0 Å². The molecule has 260 valence electrons. The number of rotatable bonds is 37. The molecule has 1 atom stereocenters. The van der Waals surface area contributed by atoms with Crippen molar-refractivity contribution in [3.05, 3.63) is 0 Å². The lowest BCUT2D eigenvalue weighted by Crippen LogP contribution is -2.27. The molecule has 0 heterocycles. The molecule has 0 radical (unpaired) electrons. The second-order valence-electron chi connectivity index (χ2n) is 13.2. The minimum absolute atomic E-state index is 0.311. The molecule has 1 N–H and O–H groups in total. The van der Waals surface area contributed by atoms with Crippen molar-refractivity contribution in [2.45, 2.75) is 207 Å². The normalized spacial score (nSPS) is 13.2. The number of nitrogens with zero attached hydrogens (tertiary/aromatic N) is 1. The fourth-order valence-corrected chi connectivity index (χ4v) is 6.67. The van der Waals surface area contributed by atoms with Crippen LogP contribution in [0.2, 0.25) is 0 Å². The van der Waals surface area contributed by atoms with Gasteiger partial charge < -0.3 is 9.79 Å². The third kappa shape index (κ3) is 34.8. The van der Waals surface area contributed by atoms with E-state index in [1.165, 1.54) is 174 Å². The Hall–Kier alpha value is 0.0700. The summed E-state index contributed by atoms with van der Waals surface area (Å²) in [7, 11) is -3.90. The van der Waals surface area contributed by atoms with Crippen LogP contribution in [-0.2, 0) is 13.6 Å². The number of phosphoric acid groups is 1. The monoisotopic (exact) mass is 632 g/mol. The summed E-state index contributed by atoms with van der Waals surface area (Å²) in [5.74, 6) is 0. The highest BCUT2D eigenvalue weighted by atomic mass is 31.2. The molecule has 0 rings (SSSR count). The lowest BCUT2D eigenvalue weighted by atomic mass is 10.1. The number of hydrogen-bond donors (Lipinski definition) is 1. The van der Waals surface area contributed by atoms with Gasteiger partial charge in [0.1, 0.15) is 0 Å². The van der Waals surface area contributed by atoms with Gasteiger partial charge in [-0.05, 0) is 51.7 Å². The quantitative estimate of drug-likeness (QED) is 0.0546. The Morgan fingerprint density at radius 3 is 0.907 bits per heavy atom. The number of hydrogen-bond acceptors (Lipinski definition) is 4. The minimum atomic E-state index is -3.90. The minimum Gasteiger partial charge on any atom is -0.303 e. The van der Waals surface area contributed by atoms with E-state index in [2.05, 4.69) is 25.7 Å². The predicted molar refractivity (Wildman–Crippen MR) is 189 cm³/mol. The highest BCUT2D eigenvalue weighted by molar-refractivity contribution is 7.47. The fraction of sp³-hybridized carbons (Fsp3) is 1.00. The van der Waals surface area contributed by atoms with Crippen molar-refractivity contribution in [3.63, 3.8) is 0 Å². The molecule has 0 aliphatic heterocycles. The van der Waals surface area contributed by atoms with E-state index in [-0.39, 0.29) is 0 Å². The van der Waals surface area contributed by atoms with Crippen LogP contribution in [0.15, 0.2) is 0 Å². The van der Waals surface area contributed by atoms with Crippen molar-refractivity contribution in [3.8, 4) is 0 Å². The van der Waals surface area contributed by atoms with Crippen LogP contribution in [0.5, 0.6) is 0 Å². The summed E-state index contributed by atoms with van der Waals surface area (Å²) in [4.78, 5) is 12.7. The van der Waals surface area contributed by atoms with Crippen LogP contribution in [0.3, 0.4) is 0 Å². The van der Waals surface area contributed by atoms with Gasteiger partial charge >= 0.3 is 7.82 Å². The predicted octanol–water partition coefficient (Wildman–Crippen LogP) is 12.8. The maximum atomic E-state index is 12.2. The molecule has 5 nitrogen and oxygen atoms in total. The van der Waals surface area contributed by atoms with Crippen LogP contribution in [-0.4, -0.2) is 42.6 Å². The van der Waals surface area contributed by atoms with Crippen LogP contribution < -0.4 is 0 Å². The van der Waals surface area contributed by atoms with Gasteiger partial charge in [-0.15, -0.1) is 0 Å². The maximum absolute atomic E-state index is 12.2. The first-order valence-corrected chi connectivity index (χ1v) is 20.9. The zero-order valence-corrected chi connectivity index (χ0v) is 30.5. The van der Waals surface area contributed by atoms with E-state index in [4.69, 9.17) is 9.05 Å². The van der Waals surface area contributed by atoms with Crippen LogP contribution in [0.1, 0.15) is 207 Å². The molecule has 0 fully saturated rings. The number of unbranched alkanes of at least 4 members (excludes halogenated alkanes) is 25. The van der Waals surface area contributed by atoms with Crippen molar-refractivity contribution >= 4 is 7.82 Å². The fourth-order valence-electron chi connectivity index (χ4n) is 5.87. The van der Waals surface area contributed by atoms with Crippen molar-refractivity contribution in [1.82, 2.24) is 4.90 Å². The van der Waals surface area contributed by atoms with E-state index in [1.54, 1.807) is 0 Å². The van der Waals surface area contributed by atoms with E-state index in [0.29, 0.717) is 13.2 Å². The summed E-state index contributed by atoms with van der Waals surface area (Å²) in [5.41, 5.74) is 0. The molecule has 0 saturated heterocycles. The third-order valence-electron chi connectivity index (χ3n) is 8.78. The van der Waals surface area contributed by atoms with Gasteiger partial charge in [-0.25, -0.2) is 4.57 Å². The zero-order chi connectivity index (χ0) is 31.5. The van der Waals surface area contributed by atoms with Crippen LogP contribution in [0.4, 0.5) is 0 Å². The van der Waals surface area contributed by atoms with E-state index in [1.807, 2.05) is 0 Å². The van der Waals surface area contributed by atoms with Crippen LogP contribution in [0.25, 0.3) is 0 Å². The smallest absolute Gasteiger partial charge is 0.303 e. The van der Waals surface area contributed by atoms with Crippen molar-refractivity contribution < 1.29 is 18.5 Å². The van der Waals surface area contributed by atoms with Gasteiger partial charge in [0.05, 0.1) is 13.2 Å². The molecule has 0 aromatic carbocycles. The first-order valence-electron chi connectivity index (χ1n) is 19.4. The zero-order valence-electron chi connectivity index (χ0n) is 29.6. The molecule has 6 heteroatoms. The van der Waals surface area contributed by atoms with E-state index in [9.17, 15) is 9.46 Å². The SMILES string of the molecule is CCCCCCCCCCCOP(=O)(O)OCCCCCCN(CCCCCCCCCC)CCCCCCCCCC. The van der Waals surface area contributed by atoms with E-state index >= 15 is 0 Å². The molecule has 0 spiro atoms. The van der Waals surface area contributed by atoms with Crippen molar-refractivity contribution in [1.29, 1.82) is 0 Å². The highest BCUT2D eigenvalue weighted by Gasteiger charge is 2.20. The van der Waals surface area contributed by atoms with Crippen LogP contribution in [0, 0.1) is 0 Å². The molecule has 43 heavy (non-hydrogen) atoms. The summed E-state index contributed by atoms with van der Waals surface area (Å²) in [5, 5.41) is 0. The molecular formula is C37H78NO4P.